The van der Waals surface area contributed by atoms with Gasteiger partial charge in [0, 0.05) is 11.3 Å². The topological polar surface area (TPSA) is 72.7 Å². The molecule has 1 N–H and O–H groups in total. The maximum Gasteiger partial charge on any atom is 0.246 e. The number of benzene rings is 2. The minimum absolute atomic E-state index is 0.139. The van der Waals surface area contributed by atoms with Crippen molar-refractivity contribution in [1.29, 1.82) is 0 Å². The first kappa shape index (κ1) is 14.5. The summed E-state index contributed by atoms with van der Waals surface area (Å²) in [5, 5.41) is 7.72. The summed E-state index contributed by atoms with van der Waals surface area (Å²) in [5.74, 6) is -0.145. The lowest BCUT2D eigenvalue weighted by Gasteiger charge is -2.05. The van der Waals surface area contributed by atoms with Gasteiger partial charge in [-0.25, -0.2) is 14.6 Å². The Morgan fingerprint density at radius 2 is 1.96 bits per heavy atom. The Bertz CT molecular complexity index is 943. The Labute approximate surface area is 141 Å². The molecule has 0 spiro atoms. The first-order chi connectivity index (χ1) is 11.8. The maximum absolute atomic E-state index is 11.9. The third-order valence-electron chi connectivity index (χ3n) is 3.48. The molecule has 7 heteroatoms. The fraction of sp³-hybridized carbons (Fsp3) is 0.0588. The van der Waals surface area contributed by atoms with Crippen LogP contribution in [0.25, 0.3) is 20.8 Å². The predicted octanol–water partition coefficient (Wildman–Crippen LogP) is 3.19. The van der Waals surface area contributed by atoms with Crippen molar-refractivity contribution in [3.05, 3.63) is 61.2 Å². The molecule has 0 atom stereocenters. The molecule has 0 aliphatic rings. The molecule has 2 aromatic heterocycles. The van der Waals surface area contributed by atoms with Crippen LogP contribution in [0.15, 0.2) is 61.2 Å². The average molecular weight is 335 g/mol. The summed E-state index contributed by atoms with van der Waals surface area (Å²) >= 11 is 1.66. The van der Waals surface area contributed by atoms with Crippen LogP contribution in [0.3, 0.4) is 0 Å². The highest BCUT2D eigenvalue weighted by atomic mass is 32.1. The fourth-order valence-corrected chi connectivity index (χ4v) is 3.32. The van der Waals surface area contributed by atoms with Gasteiger partial charge in [-0.05, 0) is 36.4 Å². The highest BCUT2D eigenvalue weighted by molar-refractivity contribution is 7.21. The van der Waals surface area contributed by atoms with E-state index in [1.807, 2.05) is 42.5 Å². The molecule has 118 valence electrons. The van der Waals surface area contributed by atoms with E-state index in [1.54, 1.807) is 11.3 Å². The van der Waals surface area contributed by atoms with Gasteiger partial charge in [-0.1, -0.05) is 12.1 Å². The van der Waals surface area contributed by atoms with Gasteiger partial charge < -0.3 is 5.32 Å². The lowest BCUT2D eigenvalue weighted by atomic mass is 10.2. The van der Waals surface area contributed by atoms with Gasteiger partial charge in [0.25, 0.3) is 0 Å². The van der Waals surface area contributed by atoms with Crippen molar-refractivity contribution in [3.8, 4) is 10.6 Å². The highest BCUT2D eigenvalue weighted by Gasteiger charge is 2.07. The molecule has 2 aromatic carbocycles. The molecule has 0 aliphatic carbocycles. The van der Waals surface area contributed by atoms with E-state index in [2.05, 4.69) is 26.4 Å². The summed E-state index contributed by atoms with van der Waals surface area (Å²) < 4.78 is 2.64. The van der Waals surface area contributed by atoms with Crippen LogP contribution >= 0.6 is 11.3 Å². The molecule has 0 saturated heterocycles. The van der Waals surface area contributed by atoms with Crippen LogP contribution in [-0.4, -0.2) is 25.7 Å². The predicted molar refractivity (Wildman–Crippen MR) is 93.7 cm³/mol. The Morgan fingerprint density at radius 1 is 1.12 bits per heavy atom. The Hall–Kier alpha value is -3.06. The van der Waals surface area contributed by atoms with Gasteiger partial charge in [0.05, 0.1) is 10.2 Å². The molecule has 1 amide bonds. The number of nitrogens with zero attached hydrogens (tertiary/aromatic N) is 4. The van der Waals surface area contributed by atoms with Crippen LogP contribution in [0.4, 0.5) is 5.69 Å². The van der Waals surface area contributed by atoms with E-state index in [1.165, 1.54) is 17.3 Å². The second-order valence-corrected chi connectivity index (χ2v) is 6.24. The number of para-hydroxylation sites is 1. The molecule has 6 nitrogen and oxygen atoms in total. The van der Waals surface area contributed by atoms with Gasteiger partial charge in [0.1, 0.15) is 24.2 Å². The number of hydrogen-bond acceptors (Lipinski definition) is 5. The number of fused-ring (bicyclic) bond motifs is 1. The van der Waals surface area contributed by atoms with Crippen LogP contribution < -0.4 is 5.32 Å². The van der Waals surface area contributed by atoms with E-state index < -0.39 is 0 Å². The van der Waals surface area contributed by atoms with Crippen molar-refractivity contribution in [2.45, 2.75) is 6.54 Å². The van der Waals surface area contributed by atoms with Crippen molar-refractivity contribution in [1.82, 2.24) is 19.7 Å². The van der Waals surface area contributed by atoms with E-state index in [9.17, 15) is 4.79 Å². The summed E-state index contributed by atoms with van der Waals surface area (Å²) in [7, 11) is 0. The molecule has 2 heterocycles. The second kappa shape index (κ2) is 6.21. The normalized spacial score (nSPS) is 10.8. The Morgan fingerprint density at radius 3 is 2.71 bits per heavy atom. The minimum atomic E-state index is -0.145. The zero-order valence-electron chi connectivity index (χ0n) is 12.6. The standard InChI is InChI=1S/C17H13N5OS/c23-16(9-22-11-18-10-19-22)20-13-7-5-12(6-8-13)17-21-14-3-1-2-4-15(14)24-17/h1-8,10-11H,9H2,(H,20,23). The zero-order chi connectivity index (χ0) is 16.4. The molecule has 0 unspecified atom stereocenters. The van der Waals surface area contributed by atoms with E-state index in [-0.39, 0.29) is 12.5 Å². The van der Waals surface area contributed by atoms with E-state index in [0.29, 0.717) is 0 Å². The van der Waals surface area contributed by atoms with Gasteiger partial charge in [0.15, 0.2) is 0 Å². The number of nitrogens with one attached hydrogen (secondary N) is 1. The molecule has 4 aromatic rings. The van der Waals surface area contributed by atoms with Crippen molar-refractivity contribution in [2.75, 3.05) is 5.32 Å². The number of carbonyl (C=O) groups excluding carboxylic acids is 1. The molecular formula is C17H13N5OS. The third kappa shape index (κ3) is 3.02. The van der Waals surface area contributed by atoms with Crippen molar-refractivity contribution in [3.63, 3.8) is 0 Å². The number of hydrogen-bond donors (Lipinski definition) is 1. The zero-order valence-corrected chi connectivity index (χ0v) is 13.4. The Kier molecular flexibility index (Phi) is 3.76. The van der Waals surface area contributed by atoms with Crippen LogP contribution in [0.5, 0.6) is 0 Å². The fourth-order valence-electron chi connectivity index (χ4n) is 2.35. The molecule has 4 rings (SSSR count). The minimum Gasteiger partial charge on any atom is -0.324 e. The molecule has 0 saturated carbocycles. The average Bonchev–Trinajstić information content (AvgIpc) is 3.24. The van der Waals surface area contributed by atoms with Crippen molar-refractivity contribution in [2.24, 2.45) is 0 Å². The summed E-state index contributed by atoms with van der Waals surface area (Å²) in [6.07, 6.45) is 2.91. The number of thiazole rings is 1. The van der Waals surface area contributed by atoms with Gasteiger partial charge >= 0.3 is 0 Å². The molecule has 24 heavy (non-hydrogen) atoms. The molecule has 0 fully saturated rings. The van der Waals surface area contributed by atoms with Gasteiger partial charge in [0.2, 0.25) is 5.91 Å². The van der Waals surface area contributed by atoms with Crippen LogP contribution in [0, 0.1) is 0 Å². The first-order valence-corrected chi connectivity index (χ1v) is 8.18. The summed E-state index contributed by atoms with van der Waals surface area (Å²) in [6, 6.07) is 15.7. The van der Waals surface area contributed by atoms with Gasteiger partial charge in [-0.3, -0.25) is 4.79 Å². The molecule has 0 aliphatic heterocycles. The SMILES string of the molecule is O=C(Cn1cncn1)Nc1ccc(-c2nc3ccccc3s2)cc1. The monoisotopic (exact) mass is 335 g/mol. The number of aromatic nitrogens is 4. The largest absolute Gasteiger partial charge is 0.324 e. The second-order valence-electron chi connectivity index (χ2n) is 5.21. The first-order valence-electron chi connectivity index (χ1n) is 7.36. The van der Waals surface area contributed by atoms with Crippen LogP contribution in [0.2, 0.25) is 0 Å². The lowest BCUT2D eigenvalue weighted by Crippen LogP contribution is -2.18. The summed E-state index contributed by atoms with van der Waals surface area (Å²) in [4.78, 5) is 20.4. The number of amides is 1. The summed E-state index contributed by atoms with van der Waals surface area (Å²) in [5.41, 5.74) is 2.78. The van der Waals surface area contributed by atoms with E-state index in [0.717, 1.165) is 26.5 Å². The highest BCUT2D eigenvalue weighted by Crippen LogP contribution is 2.30. The van der Waals surface area contributed by atoms with Crippen molar-refractivity contribution < 1.29 is 4.79 Å². The van der Waals surface area contributed by atoms with E-state index >= 15 is 0 Å². The van der Waals surface area contributed by atoms with Crippen LogP contribution in [0.1, 0.15) is 0 Å². The number of anilines is 1. The lowest BCUT2D eigenvalue weighted by molar-refractivity contribution is -0.116. The van der Waals surface area contributed by atoms with Crippen molar-refractivity contribution >= 4 is 33.1 Å². The molecule has 0 bridgehead atoms. The van der Waals surface area contributed by atoms with E-state index in [4.69, 9.17) is 0 Å². The number of rotatable bonds is 4. The summed E-state index contributed by atoms with van der Waals surface area (Å²) in [6.45, 7) is 0.139. The van der Waals surface area contributed by atoms with Crippen LogP contribution in [-0.2, 0) is 11.3 Å². The maximum atomic E-state index is 11.9. The number of carbonyl (C=O) groups is 1. The quantitative estimate of drug-likeness (QED) is 0.621. The molecular weight excluding hydrogens is 322 g/mol. The smallest absolute Gasteiger partial charge is 0.246 e. The Balaban J connectivity index is 1.49. The van der Waals surface area contributed by atoms with Gasteiger partial charge in [-0.15, -0.1) is 11.3 Å². The third-order valence-corrected chi connectivity index (χ3v) is 4.57. The molecule has 0 radical (unpaired) electrons. The van der Waals surface area contributed by atoms with Gasteiger partial charge in [-0.2, -0.15) is 5.10 Å².